The Morgan fingerprint density at radius 2 is 2.05 bits per heavy atom. The molecule has 0 saturated heterocycles. The number of amides is 1. The lowest BCUT2D eigenvalue weighted by atomic mass is 10.0. The summed E-state index contributed by atoms with van der Waals surface area (Å²) >= 11 is 6.03. The van der Waals surface area contributed by atoms with Gasteiger partial charge >= 0.3 is 0 Å². The van der Waals surface area contributed by atoms with E-state index >= 15 is 0 Å². The topological polar surface area (TPSA) is 83.6 Å². The third-order valence-corrected chi connectivity index (χ3v) is 4.71. The Labute approximate surface area is 120 Å². The van der Waals surface area contributed by atoms with Crippen LogP contribution in [0.15, 0.2) is 6.33 Å². The van der Waals surface area contributed by atoms with Gasteiger partial charge in [-0.05, 0) is 24.7 Å². The molecule has 0 aliphatic heterocycles. The van der Waals surface area contributed by atoms with Gasteiger partial charge in [-0.3, -0.25) is 10.1 Å². The van der Waals surface area contributed by atoms with Crippen LogP contribution in [-0.2, 0) is 4.79 Å². The van der Waals surface area contributed by atoms with E-state index in [2.05, 4.69) is 25.3 Å². The maximum Gasteiger partial charge on any atom is 0.233 e. The lowest BCUT2D eigenvalue weighted by Gasteiger charge is -2.04. The van der Waals surface area contributed by atoms with E-state index in [1.54, 1.807) is 0 Å². The Kier molecular flexibility index (Phi) is 2.66. The molecule has 2 atom stereocenters. The fourth-order valence-electron chi connectivity index (χ4n) is 3.43. The number of anilines is 1. The van der Waals surface area contributed by atoms with Crippen molar-refractivity contribution in [1.82, 2.24) is 19.9 Å². The highest BCUT2D eigenvalue weighted by Gasteiger charge is 2.54. The molecule has 2 aliphatic carbocycles. The van der Waals surface area contributed by atoms with Crippen LogP contribution in [0.25, 0.3) is 11.2 Å². The number of fused-ring (bicyclic) bond motifs is 2. The quantitative estimate of drug-likeness (QED) is 0.832. The molecule has 2 unspecified atom stereocenters. The van der Waals surface area contributed by atoms with Crippen molar-refractivity contribution in [2.45, 2.75) is 25.7 Å². The number of carbonyl (C=O) groups excluding carboxylic acids is 1. The van der Waals surface area contributed by atoms with E-state index in [9.17, 15) is 4.79 Å². The molecule has 2 heterocycles. The first-order chi connectivity index (χ1) is 9.74. The molecule has 0 bridgehead atoms. The summed E-state index contributed by atoms with van der Waals surface area (Å²) in [5.41, 5.74) is 1.05. The highest BCUT2D eigenvalue weighted by molar-refractivity contribution is 6.33. The molecule has 2 N–H and O–H groups in total. The molecule has 104 valence electrons. The van der Waals surface area contributed by atoms with Gasteiger partial charge in [-0.1, -0.05) is 24.4 Å². The maximum atomic E-state index is 12.3. The Balaban J connectivity index is 1.54. The van der Waals surface area contributed by atoms with E-state index in [4.69, 9.17) is 11.6 Å². The number of carbonyl (C=O) groups is 1. The van der Waals surface area contributed by atoms with Crippen LogP contribution in [0.4, 0.5) is 5.95 Å². The lowest BCUT2D eigenvalue weighted by Crippen LogP contribution is -2.17. The fraction of sp³-hybridized carbons (Fsp3) is 0.538. The molecule has 2 aromatic rings. The molecule has 2 aromatic heterocycles. The minimum absolute atomic E-state index is 0.0212. The van der Waals surface area contributed by atoms with Crippen molar-refractivity contribution in [1.29, 1.82) is 0 Å². The standard InChI is InChI=1S/C13H14ClN5O/c14-10-9-11(16-5-15-9)18-13(17-10)19-12(20)8-6-3-1-2-4-7(6)8/h5-8H,1-4H2,(H2,15,16,17,18,19,20). The first kappa shape index (κ1) is 12.1. The van der Waals surface area contributed by atoms with Gasteiger partial charge in [-0.15, -0.1) is 0 Å². The molecule has 1 amide bonds. The van der Waals surface area contributed by atoms with Gasteiger partial charge in [0.25, 0.3) is 0 Å². The van der Waals surface area contributed by atoms with E-state index < -0.39 is 0 Å². The number of nitrogens with one attached hydrogen (secondary N) is 2. The highest BCUT2D eigenvalue weighted by atomic mass is 35.5. The summed E-state index contributed by atoms with van der Waals surface area (Å²) in [6.07, 6.45) is 6.33. The molecule has 6 nitrogen and oxygen atoms in total. The number of aromatic nitrogens is 4. The van der Waals surface area contributed by atoms with Crippen LogP contribution in [0.1, 0.15) is 25.7 Å². The van der Waals surface area contributed by atoms with Gasteiger partial charge in [-0.2, -0.15) is 9.97 Å². The predicted molar refractivity (Wildman–Crippen MR) is 74.3 cm³/mol. The van der Waals surface area contributed by atoms with E-state index in [0.717, 1.165) is 0 Å². The molecule has 0 radical (unpaired) electrons. The maximum absolute atomic E-state index is 12.3. The second-order valence-electron chi connectivity index (χ2n) is 5.57. The minimum Gasteiger partial charge on any atom is -0.341 e. The number of aromatic amines is 1. The largest absolute Gasteiger partial charge is 0.341 e. The molecule has 7 heteroatoms. The Morgan fingerprint density at radius 1 is 1.30 bits per heavy atom. The fourth-order valence-corrected chi connectivity index (χ4v) is 3.65. The summed E-state index contributed by atoms with van der Waals surface area (Å²) in [5.74, 6) is 1.52. The predicted octanol–water partition coefficient (Wildman–Crippen LogP) is 2.38. The van der Waals surface area contributed by atoms with Crippen LogP contribution in [-0.4, -0.2) is 25.8 Å². The van der Waals surface area contributed by atoms with Crippen LogP contribution < -0.4 is 5.32 Å². The number of H-pyrrole nitrogens is 1. The highest BCUT2D eigenvalue weighted by Crippen LogP contribution is 2.55. The molecular weight excluding hydrogens is 278 g/mol. The third-order valence-electron chi connectivity index (χ3n) is 4.44. The van der Waals surface area contributed by atoms with Gasteiger partial charge in [0, 0.05) is 5.92 Å². The zero-order chi connectivity index (χ0) is 13.7. The normalized spacial score (nSPS) is 28.1. The summed E-state index contributed by atoms with van der Waals surface area (Å²) in [7, 11) is 0. The Morgan fingerprint density at radius 3 is 2.80 bits per heavy atom. The lowest BCUT2D eigenvalue weighted by molar-refractivity contribution is -0.117. The first-order valence-electron chi connectivity index (χ1n) is 6.91. The molecule has 0 spiro atoms. The summed E-state index contributed by atoms with van der Waals surface area (Å²) in [5, 5.41) is 3.06. The average Bonchev–Trinajstić information content (AvgIpc) is 2.97. The van der Waals surface area contributed by atoms with Gasteiger partial charge < -0.3 is 4.98 Å². The van der Waals surface area contributed by atoms with Crippen molar-refractivity contribution in [3.05, 3.63) is 11.5 Å². The van der Waals surface area contributed by atoms with Crippen LogP contribution in [0.2, 0.25) is 5.15 Å². The van der Waals surface area contributed by atoms with Crippen molar-refractivity contribution in [2.24, 2.45) is 17.8 Å². The molecule has 4 rings (SSSR count). The zero-order valence-corrected chi connectivity index (χ0v) is 11.5. The van der Waals surface area contributed by atoms with Gasteiger partial charge in [0.05, 0.1) is 6.33 Å². The van der Waals surface area contributed by atoms with E-state index in [1.165, 1.54) is 32.0 Å². The number of hydrogen-bond donors (Lipinski definition) is 2. The van der Waals surface area contributed by atoms with Crippen LogP contribution in [0, 0.1) is 17.8 Å². The van der Waals surface area contributed by atoms with E-state index in [0.29, 0.717) is 23.0 Å². The smallest absolute Gasteiger partial charge is 0.233 e. The van der Waals surface area contributed by atoms with Gasteiger partial charge in [0.1, 0.15) is 5.52 Å². The molecule has 20 heavy (non-hydrogen) atoms. The second kappa shape index (κ2) is 4.41. The Hall–Kier alpha value is -1.69. The Bertz CT molecular complexity index is 672. The molecule has 2 saturated carbocycles. The van der Waals surface area contributed by atoms with Gasteiger partial charge in [0.2, 0.25) is 11.9 Å². The van der Waals surface area contributed by atoms with Gasteiger partial charge in [-0.25, -0.2) is 4.98 Å². The van der Waals surface area contributed by atoms with E-state index in [1.807, 2.05) is 0 Å². The summed E-state index contributed by atoms with van der Waals surface area (Å²) in [6, 6.07) is 0. The number of hydrogen-bond acceptors (Lipinski definition) is 4. The summed E-state index contributed by atoms with van der Waals surface area (Å²) in [6.45, 7) is 0. The van der Waals surface area contributed by atoms with Crippen molar-refractivity contribution < 1.29 is 4.79 Å². The SMILES string of the molecule is O=C(Nc1nc(Cl)c2[nH]cnc2n1)C1C2CCCCC21. The number of imidazole rings is 1. The van der Waals surface area contributed by atoms with Crippen LogP contribution in [0.3, 0.4) is 0 Å². The van der Waals surface area contributed by atoms with Crippen LogP contribution >= 0.6 is 11.6 Å². The van der Waals surface area contributed by atoms with Crippen LogP contribution in [0.5, 0.6) is 0 Å². The second-order valence-corrected chi connectivity index (χ2v) is 5.92. The summed E-state index contributed by atoms with van der Waals surface area (Å²) in [4.78, 5) is 27.5. The molecular formula is C13H14ClN5O. The number of rotatable bonds is 2. The zero-order valence-electron chi connectivity index (χ0n) is 10.8. The van der Waals surface area contributed by atoms with Crippen molar-refractivity contribution in [3.63, 3.8) is 0 Å². The van der Waals surface area contributed by atoms with Crippen molar-refractivity contribution >= 4 is 34.6 Å². The molecule has 2 fully saturated rings. The number of halogens is 1. The van der Waals surface area contributed by atoms with E-state index in [-0.39, 0.29) is 22.9 Å². The summed E-state index contributed by atoms with van der Waals surface area (Å²) < 4.78 is 0. The van der Waals surface area contributed by atoms with Crippen molar-refractivity contribution in [2.75, 3.05) is 5.32 Å². The molecule has 0 aromatic carbocycles. The first-order valence-corrected chi connectivity index (χ1v) is 7.29. The minimum atomic E-state index is 0.0212. The molecule has 2 aliphatic rings. The van der Waals surface area contributed by atoms with Gasteiger partial charge in [0.15, 0.2) is 10.8 Å². The average molecular weight is 292 g/mol. The monoisotopic (exact) mass is 291 g/mol. The third kappa shape index (κ3) is 1.86. The number of nitrogens with zero attached hydrogens (tertiary/aromatic N) is 3. The van der Waals surface area contributed by atoms with Crippen molar-refractivity contribution in [3.8, 4) is 0 Å².